The molecule has 236 valence electrons. The lowest BCUT2D eigenvalue weighted by atomic mass is 9.86. The van der Waals surface area contributed by atoms with Crippen LogP contribution in [0.25, 0.3) is 10.9 Å². The van der Waals surface area contributed by atoms with Gasteiger partial charge in [-0.25, -0.2) is 14.4 Å². The summed E-state index contributed by atoms with van der Waals surface area (Å²) >= 11 is 3.58. The summed E-state index contributed by atoms with van der Waals surface area (Å²) in [7, 11) is -0.628. The first kappa shape index (κ1) is 32.4. The van der Waals surface area contributed by atoms with Crippen LogP contribution in [0, 0.1) is 11.7 Å². The fourth-order valence-corrected chi connectivity index (χ4v) is 6.32. The van der Waals surface area contributed by atoms with E-state index in [2.05, 4.69) is 36.5 Å². The van der Waals surface area contributed by atoms with E-state index < -0.39 is 15.9 Å². The van der Waals surface area contributed by atoms with Crippen LogP contribution in [0.3, 0.4) is 0 Å². The van der Waals surface area contributed by atoms with Gasteiger partial charge in [-0.1, -0.05) is 26.0 Å². The van der Waals surface area contributed by atoms with Gasteiger partial charge >= 0.3 is 0 Å². The summed E-state index contributed by atoms with van der Waals surface area (Å²) in [6, 6.07) is 15.8. The molecule has 2 heterocycles. The number of anilines is 2. The number of hydrogen-bond donors (Lipinski definition) is 2. The maximum atomic E-state index is 13.5. The van der Waals surface area contributed by atoms with Crippen molar-refractivity contribution >= 4 is 53.5 Å². The Balaban J connectivity index is 1.38. The summed E-state index contributed by atoms with van der Waals surface area (Å²) < 4.78 is 55.4. The second-order valence-corrected chi connectivity index (χ2v) is 12.8. The molecule has 0 fully saturated rings. The Morgan fingerprint density at radius 1 is 1.13 bits per heavy atom. The molecule has 1 atom stereocenters. The summed E-state index contributed by atoms with van der Waals surface area (Å²) in [6.07, 6.45) is 6.34. The van der Waals surface area contributed by atoms with Gasteiger partial charge in [-0.05, 0) is 76.4 Å². The van der Waals surface area contributed by atoms with E-state index in [1.54, 1.807) is 19.4 Å². The van der Waals surface area contributed by atoms with Crippen LogP contribution in [0.1, 0.15) is 37.8 Å². The predicted octanol–water partition coefficient (Wildman–Crippen LogP) is 6.68. The minimum atomic E-state index is -2.24. The van der Waals surface area contributed by atoms with Crippen molar-refractivity contribution in [1.82, 2.24) is 15.3 Å². The Hall–Kier alpha value is -4.00. The van der Waals surface area contributed by atoms with Crippen LogP contribution >= 0.6 is 15.9 Å². The lowest BCUT2D eigenvalue weighted by Gasteiger charge is -2.31. The monoisotopic (exact) mass is 696 g/mol. The highest BCUT2D eigenvalue weighted by molar-refractivity contribution is 9.10. The minimum Gasteiger partial charge on any atom is -0.496 e. The van der Waals surface area contributed by atoms with Gasteiger partial charge in [0.1, 0.15) is 41.7 Å². The van der Waals surface area contributed by atoms with Crippen molar-refractivity contribution in [2.45, 2.75) is 38.9 Å². The molecule has 0 radical (unpaired) electrons. The number of aromatic nitrogens is 2. The number of fused-ring (bicyclic) bond motifs is 1. The van der Waals surface area contributed by atoms with Crippen molar-refractivity contribution in [1.29, 1.82) is 0 Å². The topological polar surface area (TPSA) is 112 Å². The van der Waals surface area contributed by atoms with E-state index in [9.17, 15) is 12.8 Å². The standard InChI is InChI=1S/C33H34BrFN4O5S/c1-21(2)31(45(40)41)18-36-12-11-33(10-5-13-44-33)26-16-25-28(17-30(26)42-3)37-20-38-32(25)39-24-8-9-29(27(34)15-24)43-19-22-6-4-7-23(35)14-22/h4-9,13-17,20-21,36H,10-12,18-19H2,1-3H3,(H,37,38,39). The van der Waals surface area contributed by atoms with E-state index in [1.165, 1.54) is 18.5 Å². The van der Waals surface area contributed by atoms with Crippen molar-refractivity contribution in [3.8, 4) is 11.5 Å². The molecular formula is C33H34BrFN4O5S. The van der Waals surface area contributed by atoms with Crippen LogP contribution in [-0.4, -0.2) is 43.4 Å². The average molecular weight is 698 g/mol. The molecule has 0 spiro atoms. The first-order chi connectivity index (χ1) is 21.7. The van der Waals surface area contributed by atoms with Crippen molar-refractivity contribution in [3.05, 3.63) is 94.7 Å². The van der Waals surface area contributed by atoms with E-state index in [4.69, 9.17) is 14.2 Å². The number of ether oxygens (including phenoxy) is 3. The van der Waals surface area contributed by atoms with E-state index in [0.717, 1.165) is 26.7 Å². The Labute approximate surface area is 271 Å². The SMILES string of the molecule is COc1cc2ncnc(Nc3ccc(OCc4cccc(F)c4)c(Br)c3)c2cc1C1(CCNCC(C(C)C)=S(=O)=O)CC=CO1. The van der Waals surface area contributed by atoms with Gasteiger partial charge in [0, 0.05) is 42.1 Å². The van der Waals surface area contributed by atoms with Crippen LogP contribution < -0.4 is 20.1 Å². The highest BCUT2D eigenvalue weighted by atomic mass is 79.9. The summed E-state index contributed by atoms with van der Waals surface area (Å²) in [5.41, 5.74) is 2.30. The van der Waals surface area contributed by atoms with Crippen LogP contribution in [-0.2, 0) is 27.2 Å². The van der Waals surface area contributed by atoms with Crippen LogP contribution in [0.2, 0.25) is 0 Å². The fourth-order valence-electron chi connectivity index (χ4n) is 5.22. The van der Waals surface area contributed by atoms with E-state index in [0.29, 0.717) is 47.1 Å². The molecule has 4 aromatic rings. The number of rotatable bonds is 13. The summed E-state index contributed by atoms with van der Waals surface area (Å²) in [5, 5.41) is 7.44. The molecule has 1 unspecified atom stereocenters. The molecule has 0 aliphatic carbocycles. The summed E-state index contributed by atoms with van der Waals surface area (Å²) in [5.74, 6) is 1.46. The molecule has 0 saturated heterocycles. The van der Waals surface area contributed by atoms with Crippen molar-refractivity contribution in [2.24, 2.45) is 5.92 Å². The van der Waals surface area contributed by atoms with Crippen molar-refractivity contribution in [3.63, 3.8) is 0 Å². The van der Waals surface area contributed by atoms with Gasteiger partial charge in [-0.15, -0.1) is 0 Å². The number of nitrogens with one attached hydrogen (secondary N) is 2. The maximum absolute atomic E-state index is 13.5. The second kappa shape index (κ2) is 14.4. The number of benzene rings is 3. The third-order valence-electron chi connectivity index (χ3n) is 7.63. The Bertz CT molecular complexity index is 1850. The van der Waals surface area contributed by atoms with E-state index in [-0.39, 0.29) is 24.9 Å². The molecule has 0 amide bonds. The Kier molecular flexibility index (Phi) is 10.4. The average Bonchev–Trinajstić information content (AvgIpc) is 3.49. The highest BCUT2D eigenvalue weighted by Crippen LogP contribution is 2.44. The van der Waals surface area contributed by atoms with Crippen LogP contribution in [0.4, 0.5) is 15.9 Å². The Morgan fingerprint density at radius 2 is 1.98 bits per heavy atom. The summed E-state index contributed by atoms with van der Waals surface area (Å²) in [6.45, 7) is 4.75. The number of hydrogen-bond acceptors (Lipinski definition) is 9. The largest absolute Gasteiger partial charge is 0.496 e. The van der Waals surface area contributed by atoms with E-state index in [1.807, 2.05) is 56.3 Å². The van der Waals surface area contributed by atoms with Crippen molar-refractivity contribution < 1.29 is 27.0 Å². The third-order valence-corrected chi connectivity index (χ3v) is 9.29. The Morgan fingerprint density at radius 3 is 2.67 bits per heavy atom. The molecule has 9 nitrogen and oxygen atoms in total. The number of halogens is 2. The van der Waals surface area contributed by atoms with Gasteiger partial charge in [-0.3, -0.25) is 0 Å². The van der Waals surface area contributed by atoms with Gasteiger partial charge in [0.25, 0.3) is 0 Å². The predicted molar refractivity (Wildman–Crippen MR) is 177 cm³/mol. The maximum Gasteiger partial charge on any atom is 0.214 e. The van der Waals surface area contributed by atoms with Gasteiger partial charge in [0.2, 0.25) is 10.3 Å². The van der Waals surface area contributed by atoms with Gasteiger partial charge in [0.15, 0.2) is 0 Å². The highest BCUT2D eigenvalue weighted by Gasteiger charge is 2.38. The molecule has 12 heteroatoms. The number of methoxy groups -OCH3 is 1. The van der Waals surface area contributed by atoms with Gasteiger partial charge in [0.05, 0.1) is 28.2 Å². The van der Waals surface area contributed by atoms with Gasteiger partial charge in [-0.2, -0.15) is 8.42 Å². The molecule has 3 aromatic carbocycles. The first-order valence-corrected chi connectivity index (χ1v) is 16.3. The first-order valence-electron chi connectivity index (χ1n) is 14.4. The quantitative estimate of drug-likeness (QED) is 0.117. The zero-order chi connectivity index (χ0) is 32.0. The molecule has 1 aliphatic heterocycles. The normalized spacial score (nSPS) is 15.7. The molecule has 0 saturated carbocycles. The molecular weight excluding hydrogens is 663 g/mol. The second-order valence-electron chi connectivity index (χ2n) is 11.0. The summed E-state index contributed by atoms with van der Waals surface area (Å²) in [4.78, 5) is 9.46. The lowest BCUT2D eigenvalue weighted by molar-refractivity contribution is 0.0308. The smallest absolute Gasteiger partial charge is 0.214 e. The van der Waals surface area contributed by atoms with Crippen LogP contribution in [0.15, 0.2) is 77.7 Å². The van der Waals surface area contributed by atoms with Gasteiger partial charge < -0.3 is 24.8 Å². The number of nitrogens with zero attached hydrogens (tertiary/aromatic N) is 2. The lowest BCUT2D eigenvalue weighted by Crippen LogP contribution is -2.34. The van der Waals surface area contributed by atoms with Crippen LogP contribution in [0.5, 0.6) is 11.5 Å². The molecule has 1 aliphatic rings. The molecule has 0 bridgehead atoms. The zero-order valence-electron chi connectivity index (χ0n) is 25.1. The molecule has 5 rings (SSSR count). The molecule has 45 heavy (non-hydrogen) atoms. The zero-order valence-corrected chi connectivity index (χ0v) is 27.5. The van der Waals surface area contributed by atoms with Crippen molar-refractivity contribution in [2.75, 3.05) is 25.5 Å². The molecule has 2 N–H and O–H groups in total. The minimum absolute atomic E-state index is 0.0784. The fraction of sp³-hybridized carbons (Fsp3) is 0.303. The molecule has 1 aromatic heterocycles. The van der Waals surface area contributed by atoms with E-state index >= 15 is 0 Å². The third kappa shape index (κ3) is 7.63.